The van der Waals surface area contributed by atoms with Crippen molar-refractivity contribution < 1.29 is 9.90 Å². The summed E-state index contributed by atoms with van der Waals surface area (Å²) in [4.78, 5) is 19.0. The van der Waals surface area contributed by atoms with Gasteiger partial charge in [0.1, 0.15) is 5.41 Å². The van der Waals surface area contributed by atoms with Crippen molar-refractivity contribution in [2.45, 2.75) is 49.5 Å². The highest BCUT2D eigenvalue weighted by Crippen LogP contribution is 2.40. The van der Waals surface area contributed by atoms with Crippen LogP contribution in [0.1, 0.15) is 55.2 Å². The molecule has 196 valence electrons. The zero-order valence-corrected chi connectivity index (χ0v) is 22.4. The van der Waals surface area contributed by atoms with E-state index in [4.69, 9.17) is 0 Å². The van der Waals surface area contributed by atoms with Gasteiger partial charge in [-0.05, 0) is 61.8 Å². The van der Waals surface area contributed by atoms with Gasteiger partial charge in [0.25, 0.3) is 0 Å². The van der Waals surface area contributed by atoms with Gasteiger partial charge in [0.2, 0.25) is 5.91 Å². The van der Waals surface area contributed by atoms with Crippen molar-refractivity contribution in [2.24, 2.45) is 0 Å². The van der Waals surface area contributed by atoms with Crippen LogP contribution in [0.3, 0.4) is 0 Å². The number of amides is 1. The third-order valence-corrected chi connectivity index (χ3v) is 8.34. The van der Waals surface area contributed by atoms with E-state index >= 15 is 0 Å². The molecule has 0 atom stereocenters. The number of piperidine rings is 2. The molecule has 0 bridgehead atoms. The highest BCUT2D eigenvalue weighted by atomic mass is 35.5. The van der Waals surface area contributed by atoms with Crippen LogP contribution in [0.2, 0.25) is 0 Å². The minimum absolute atomic E-state index is 0. The SMILES string of the molecule is Cl.O=C(N1CCCCC1)C(CCN1CCC(O)(c2ccccc2)CC1)(c1ccccc1)c1ccccc1. The fourth-order valence-corrected chi connectivity index (χ4v) is 6.13. The predicted molar refractivity (Wildman–Crippen MR) is 152 cm³/mol. The van der Waals surface area contributed by atoms with Crippen LogP contribution < -0.4 is 0 Å². The zero-order valence-electron chi connectivity index (χ0n) is 21.6. The Bertz CT molecular complexity index is 1070. The van der Waals surface area contributed by atoms with E-state index in [1.54, 1.807) is 0 Å². The molecule has 2 fully saturated rings. The molecule has 5 rings (SSSR count). The Morgan fingerprint density at radius 3 is 1.73 bits per heavy atom. The Balaban J connectivity index is 0.00000320. The molecule has 37 heavy (non-hydrogen) atoms. The van der Waals surface area contributed by atoms with Gasteiger partial charge in [0.15, 0.2) is 0 Å². The lowest BCUT2D eigenvalue weighted by molar-refractivity contribution is -0.137. The molecule has 3 aromatic rings. The molecule has 4 nitrogen and oxygen atoms in total. The third-order valence-electron chi connectivity index (χ3n) is 8.34. The maximum Gasteiger partial charge on any atom is 0.237 e. The first kappa shape index (κ1) is 27.4. The summed E-state index contributed by atoms with van der Waals surface area (Å²) in [6.07, 6.45) is 5.50. The van der Waals surface area contributed by atoms with Crippen LogP contribution in [-0.2, 0) is 15.8 Å². The quantitative estimate of drug-likeness (QED) is 0.431. The fraction of sp³-hybridized carbons (Fsp3) is 0.406. The number of nitrogens with zero attached hydrogens (tertiary/aromatic N) is 2. The standard InChI is InChI=1S/C32H38N2O2.ClH/c35-30(34-22-11-4-12-23-34)32(28-15-7-2-8-16-28,29-17-9-3-10-18-29)21-26-33-24-19-31(36,20-25-33)27-13-5-1-6-14-27;/h1-3,5-10,13-18,36H,4,11-12,19-26H2;1H. The fourth-order valence-electron chi connectivity index (χ4n) is 6.13. The van der Waals surface area contributed by atoms with Crippen molar-refractivity contribution in [1.29, 1.82) is 0 Å². The van der Waals surface area contributed by atoms with Gasteiger partial charge in [0, 0.05) is 26.2 Å². The van der Waals surface area contributed by atoms with Crippen molar-refractivity contribution >= 4 is 18.3 Å². The number of carbonyl (C=O) groups excluding carboxylic acids is 1. The van der Waals surface area contributed by atoms with Gasteiger partial charge >= 0.3 is 0 Å². The summed E-state index contributed by atoms with van der Waals surface area (Å²) in [6.45, 7) is 4.14. The largest absolute Gasteiger partial charge is 0.385 e. The number of likely N-dealkylation sites (tertiary alicyclic amines) is 2. The van der Waals surface area contributed by atoms with Gasteiger partial charge in [-0.3, -0.25) is 4.79 Å². The summed E-state index contributed by atoms with van der Waals surface area (Å²) in [5, 5.41) is 11.3. The monoisotopic (exact) mass is 518 g/mol. The molecule has 0 aromatic heterocycles. The first-order chi connectivity index (χ1) is 17.6. The van der Waals surface area contributed by atoms with E-state index in [0.717, 1.165) is 68.7 Å². The summed E-state index contributed by atoms with van der Waals surface area (Å²) >= 11 is 0. The maximum absolute atomic E-state index is 14.4. The summed E-state index contributed by atoms with van der Waals surface area (Å²) in [7, 11) is 0. The second kappa shape index (κ2) is 12.3. The normalized spacial score (nSPS) is 18.1. The number of benzene rings is 3. The third kappa shape index (κ3) is 5.77. The molecule has 2 heterocycles. The van der Waals surface area contributed by atoms with E-state index < -0.39 is 11.0 Å². The van der Waals surface area contributed by atoms with Gasteiger partial charge < -0.3 is 14.9 Å². The van der Waals surface area contributed by atoms with Crippen molar-refractivity contribution in [3.05, 3.63) is 108 Å². The number of rotatable bonds is 7. The Morgan fingerprint density at radius 1 is 0.730 bits per heavy atom. The molecule has 0 saturated carbocycles. The van der Waals surface area contributed by atoms with E-state index in [1.807, 2.05) is 42.5 Å². The van der Waals surface area contributed by atoms with Crippen molar-refractivity contribution in [2.75, 3.05) is 32.7 Å². The average Bonchev–Trinajstić information content (AvgIpc) is 2.96. The highest BCUT2D eigenvalue weighted by Gasteiger charge is 2.45. The lowest BCUT2D eigenvalue weighted by atomic mass is 9.70. The zero-order chi connectivity index (χ0) is 24.8. The van der Waals surface area contributed by atoms with Crippen LogP contribution in [0.15, 0.2) is 91.0 Å². The molecule has 0 spiro atoms. The average molecular weight is 519 g/mol. The Labute approximate surface area is 227 Å². The van der Waals surface area contributed by atoms with Crippen LogP contribution >= 0.6 is 12.4 Å². The minimum atomic E-state index is -0.767. The summed E-state index contributed by atoms with van der Waals surface area (Å²) in [5.74, 6) is 0.234. The van der Waals surface area contributed by atoms with Crippen LogP contribution in [0, 0.1) is 0 Å². The second-order valence-corrected chi connectivity index (χ2v) is 10.5. The molecule has 0 aliphatic carbocycles. The number of hydrogen-bond donors (Lipinski definition) is 1. The van der Waals surface area contributed by atoms with Crippen LogP contribution in [-0.4, -0.2) is 53.5 Å². The van der Waals surface area contributed by atoms with Crippen molar-refractivity contribution in [1.82, 2.24) is 9.80 Å². The number of hydrogen-bond acceptors (Lipinski definition) is 3. The molecular formula is C32H39ClN2O2. The summed E-state index contributed by atoms with van der Waals surface area (Å²) in [6, 6.07) is 30.8. The van der Waals surface area contributed by atoms with Crippen molar-refractivity contribution in [3.63, 3.8) is 0 Å². The molecule has 0 radical (unpaired) electrons. The van der Waals surface area contributed by atoms with Crippen LogP contribution in [0.4, 0.5) is 0 Å². The maximum atomic E-state index is 14.4. The van der Waals surface area contributed by atoms with Gasteiger partial charge in [-0.15, -0.1) is 12.4 Å². The summed E-state index contributed by atoms with van der Waals surface area (Å²) < 4.78 is 0. The van der Waals surface area contributed by atoms with Crippen molar-refractivity contribution in [3.8, 4) is 0 Å². The number of halogens is 1. The molecule has 5 heteroatoms. The van der Waals surface area contributed by atoms with E-state index in [1.165, 1.54) is 6.42 Å². The first-order valence-electron chi connectivity index (χ1n) is 13.5. The molecular weight excluding hydrogens is 480 g/mol. The first-order valence-corrected chi connectivity index (χ1v) is 13.5. The van der Waals surface area contributed by atoms with Crippen LogP contribution in [0.5, 0.6) is 0 Å². The highest BCUT2D eigenvalue weighted by molar-refractivity contribution is 5.92. The molecule has 1 N–H and O–H groups in total. The van der Waals surface area contributed by atoms with Gasteiger partial charge in [-0.1, -0.05) is 91.0 Å². The van der Waals surface area contributed by atoms with Crippen LogP contribution in [0.25, 0.3) is 0 Å². The van der Waals surface area contributed by atoms with E-state index in [2.05, 4.69) is 58.3 Å². The number of aliphatic hydroxyl groups is 1. The lowest BCUT2D eigenvalue weighted by Crippen LogP contribution is -2.51. The Hall–Kier alpha value is -2.66. The molecule has 2 saturated heterocycles. The van der Waals surface area contributed by atoms with Gasteiger partial charge in [-0.2, -0.15) is 0 Å². The van der Waals surface area contributed by atoms with Gasteiger partial charge in [-0.25, -0.2) is 0 Å². The number of carbonyl (C=O) groups is 1. The molecule has 0 unspecified atom stereocenters. The molecule has 1 amide bonds. The smallest absolute Gasteiger partial charge is 0.237 e. The molecule has 2 aliphatic heterocycles. The van der Waals surface area contributed by atoms with E-state index in [9.17, 15) is 9.90 Å². The molecule has 3 aromatic carbocycles. The Kier molecular flexibility index (Phi) is 9.07. The predicted octanol–water partition coefficient (Wildman–Crippen LogP) is 5.78. The van der Waals surface area contributed by atoms with E-state index in [0.29, 0.717) is 12.8 Å². The second-order valence-electron chi connectivity index (χ2n) is 10.5. The summed E-state index contributed by atoms with van der Waals surface area (Å²) in [5.41, 5.74) is 1.67. The molecule has 2 aliphatic rings. The van der Waals surface area contributed by atoms with E-state index in [-0.39, 0.29) is 18.3 Å². The minimum Gasteiger partial charge on any atom is -0.385 e. The Morgan fingerprint density at radius 2 is 1.22 bits per heavy atom. The topological polar surface area (TPSA) is 43.8 Å². The van der Waals surface area contributed by atoms with Gasteiger partial charge in [0.05, 0.1) is 5.60 Å². The lowest BCUT2D eigenvalue weighted by Gasteiger charge is -2.43.